The summed E-state index contributed by atoms with van der Waals surface area (Å²) in [6.45, 7) is 9.25. The number of amides is 2. The average molecular weight is 455 g/mol. The smallest absolute Gasteiger partial charge is 0.410 e. The zero-order chi connectivity index (χ0) is 19.8. The van der Waals surface area contributed by atoms with Gasteiger partial charge in [0.1, 0.15) is 11.3 Å². The highest BCUT2D eigenvalue weighted by Crippen LogP contribution is 2.29. The SMILES string of the molecule is CCn1cc(Br)cc1C(=O)Nc1nc2c(s1)CN(C(=O)OC(C)(C)C)CC2. The summed E-state index contributed by atoms with van der Waals surface area (Å²) in [7, 11) is 0. The molecule has 1 aliphatic rings. The summed E-state index contributed by atoms with van der Waals surface area (Å²) in [5, 5.41) is 3.43. The number of halogens is 1. The zero-order valence-corrected chi connectivity index (χ0v) is 18.2. The number of carbonyl (C=O) groups is 2. The van der Waals surface area contributed by atoms with Crippen LogP contribution < -0.4 is 5.32 Å². The Bertz CT molecular complexity index is 869. The molecule has 9 heteroatoms. The maximum atomic E-state index is 12.6. The molecule has 2 amide bonds. The lowest BCUT2D eigenvalue weighted by atomic mass is 10.2. The van der Waals surface area contributed by atoms with E-state index in [0.29, 0.717) is 36.9 Å². The first-order valence-corrected chi connectivity index (χ1v) is 10.4. The fourth-order valence-electron chi connectivity index (χ4n) is 2.82. The standard InChI is InChI=1S/C18H23BrN4O3S/c1-5-22-9-11(19)8-13(22)15(24)21-16-20-12-6-7-23(10-14(12)27-16)17(25)26-18(2,3)4/h8-9H,5-7,10H2,1-4H3,(H,20,21,24). The second kappa shape index (κ2) is 7.63. The van der Waals surface area contributed by atoms with Gasteiger partial charge in [-0.1, -0.05) is 11.3 Å². The Morgan fingerprint density at radius 1 is 1.41 bits per heavy atom. The van der Waals surface area contributed by atoms with Crippen LogP contribution in [0.25, 0.3) is 0 Å². The fraction of sp³-hybridized carbons (Fsp3) is 0.500. The average Bonchev–Trinajstić information content (AvgIpc) is 3.14. The van der Waals surface area contributed by atoms with Gasteiger partial charge in [-0.15, -0.1) is 0 Å². The minimum Gasteiger partial charge on any atom is -0.444 e. The van der Waals surface area contributed by atoms with Crippen LogP contribution in [0.1, 0.15) is 48.8 Å². The summed E-state index contributed by atoms with van der Waals surface area (Å²) < 4.78 is 8.18. The Balaban J connectivity index is 1.69. The van der Waals surface area contributed by atoms with E-state index >= 15 is 0 Å². The lowest BCUT2D eigenvalue weighted by Crippen LogP contribution is -2.39. The van der Waals surface area contributed by atoms with Crippen molar-refractivity contribution in [3.63, 3.8) is 0 Å². The van der Waals surface area contributed by atoms with E-state index in [-0.39, 0.29) is 12.0 Å². The van der Waals surface area contributed by atoms with Gasteiger partial charge in [0.15, 0.2) is 5.13 Å². The van der Waals surface area contributed by atoms with Gasteiger partial charge in [0.25, 0.3) is 5.91 Å². The van der Waals surface area contributed by atoms with E-state index in [4.69, 9.17) is 4.74 Å². The molecule has 2 aromatic rings. The quantitative estimate of drug-likeness (QED) is 0.750. The van der Waals surface area contributed by atoms with Crippen LogP contribution in [0.2, 0.25) is 0 Å². The molecule has 146 valence electrons. The zero-order valence-electron chi connectivity index (χ0n) is 15.8. The number of fused-ring (bicyclic) bond motifs is 1. The fourth-order valence-corrected chi connectivity index (χ4v) is 4.30. The Hall–Kier alpha value is -1.87. The number of thiazole rings is 1. The van der Waals surface area contributed by atoms with Crippen molar-refractivity contribution < 1.29 is 14.3 Å². The Kier molecular flexibility index (Phi) is 5.62. The number of nitrogens with zero attached hydrogens (tertiary/aromatic N) is 3. The predicted octanol–water partition coefficient (Wildman–Crippen LogP) is 4.27. The molecular formula is C18H23BrN4O3S. The lowest BCUT2D eigenvalue weighted by Gasteiger charge is -2.29. The van der Waals surface area contributed by atoms with Crippen molar-refractivity contribution in [2.45, 2.75) is 52.8 Å². The van der Waals surface area contributed by atoms with Crippen LogP contribution in [0.15, 0.2) is 16.7 Å². The maximum absolute atomic E-state index is 12.6. The number of anilines is 1. The van der Waals surface area contributed by atoms with Gasteiger partial charge in [-0.25, -0.2) is 9.78 Å². The van der Waals surface area contributed by atoms with E-state index in [2.05, 4.69) is 26.2 Å². The Morgan fingerprint density at radius 2 is 2.15 bits per heavy atom. The summed E-state index contributed by atoms with van der Waals surface area (Å²) in [4.78, 5) is 32.0. The monoisotopic (exact) mass is 454 g/mol. The first kappa shape index (κ1) is 19.9. The molecule has 0 unspecified atom stereocenters. The number of carbonyl (C=O) groups excluding carboxylic acids is 2. The van der Waals surface area contributed by atoms with Crippen molar-refractivity contribution in [3.8, 4) is 0 Å². The van der Waals surface area contributed by atoms with Gasteiger partial charge < -0.3 is 14.2 Å². The van der Waals surface area contributed by atoms with Crippen LogP contribution in [0.3, 0.4) is 0 Å². The topological polar surface area (TPSA) is 76.5 Å². The van der Waals surface area contributed by atoms with Gasteiger partial charge in [0.2, 0.25) is 0 Å². The van der Waals surface area contributed by atoms with E-state index in [1.165, 1.54) is 11.3 Å². The van der Waals surface area contributed by atoms with E-state index in [1.807, 2.05) is 38.5 Å². The molecule has 0 saturated carbocycles. The highest BCUT2D eigenvalue weighted by molar-refractivity contribution is 9.10. The summed E-state index contributed by atoms with van der Waals surface area (Å²) >= 11 is 4.81. The third-order valence-corrected chi connectivity index (χ3v) is 5.47. The van der Waals surface area contributed by atoms with Crippen molar-refractivity contribution in [2.75, 3.05) is 11.9 Å². The van der Waals surface area contributed by atoms with Gasteiger partial charge in [-0.3, -0.25) is 10.1 Å². The van der Waals surface area contributed by atoms with Crippen LogP contribution in [0, 0.1) is 0 Å². The van der Waals surface area contributed by atoms with Crippen molar-refractivity contribution in [3.05, 3.63) is 33.0 Å². The second-order valence-electron chi connectivity index (χ2n) is 7.32. The van der Waals surface area contributed by atoms with Crippen LogP contribution in [-0.2, 0) is 24.2 Å². The van der Waals surface area contributed by atoms with Crippen molar-refractivity contribution in [1.82, 2.24) is 14.5 Å². The molecule has 2 aromatic heterocycles. The molecule has 0 spiro atoms. The minimum atomic E-state index is -0.521. The van der Waals surface area contributed by atoms with Crippen molar-refractivity contribution in [1.29, 1.82) is 0 Å². The summed E-state index contributed by atoms with van der Waals surface area (Å²) in [6, 6.07) is 1.79. The van der Waals surface area contributed by atoms with Crippen LogP contribution >= 0.6 is 27.3 Å². The van der Waals surface area contributed by atoms with E-state index in [9.17, 15) is 9.59 Å². The highest BCUT2D eigenvalue weighted by atomic mass is 79.9. The molecule has 0 atom stereocenters. The first-order valence-electron chi connectivity index (χ1n) is 8.80. The maximum Gasteiger partial charge on any atom is 0.410 e. The number of hydrogen-bond acceptors (Lipinski definition) is 5. The van der Waals surface area contributed by atoms with Gasteiger partial charge in [-0.05, 0) is 49.7 Å². The molecular weight excluding hydrogens is 432 g/mol. The van der Waals surface area contributed by atoms with E-state index < -0.39 is 5.60 Å². The third-order valence-electron chi connectivity index (χ3n) is 4.04. The number of aryl methyl sites for hydroxylation is 1. The summed E-state index contributed by atoms with van der Waals surface area (Å²) in [5.74, 6) is -0.197. The summed E-state index contributed by atoms with van der Waals surface area (Å²) in [5.41, 5.74) is 0.988. The Labute approximate surface area is 170 Å². The van der Waals surface area contributed by atoms with E-state index in [1.54, 1.807) is 11.0 Å². The summed E-state index contributed by atoms with van der Waals surface area (Å²) in [6.07, 6.45) is 2.20. The van der Waals surface area contributed by atoms with Gasteiger partial charge in [0, 0.05) is 35.1 Å². The largest absolute Gasteiger partial charge is 0.444 e. The molecule has 0 radical (unpaired) electrons. The number of aromatic nitrogens is 2. The van der Waals surface area contributed by atoms with Gasteiger partial charge >= 0.3 is 6.09 Å². The van der Waals surface area contributed by atoms with Crippen molar-refractivity contribution in [2.24, 2.45) is 0 Å². The van der Waals surface area contributed by atoms with Crippen LogP contribution in [0.4, 0.5) is 9.93 Å². The number of hydrogen-bond donors (Lipinski definition) is 1. The molecule has 27 heavy (non-hydrogen) atoms. The van der Waals surface area contributed by atoms with Crippen LogP contribution in [0.5, 0.6) is 0 Å². The number of rotatable bonds is 3. The first-order chi connectivity index (χ1) is 12.7. The Morgan fingerprint density at radius 3 is 2.81 bits per heavy atom. The number of ether oxygens (including phenoxy) is 1. The molecule has 1 N–H and O–H groups in total. The molecule has 0 fully saturated rings. The van der Waals surface area contributed by atoms with Gasteiger partial charge in [0.05, 0.1) is 12.2 Å². The lowest BCUT2D eigenvalue weighted by molar-refractivity contribution is 0.0225. The molecule has 7 nitrogen and oxygen atoms in total. The molecule has 0 saturated heterocycles. The van der Waals surface area contributed by atoms with Crippen LogP contribution in [-0.4, -0.2) is 38.6 Å². The minimum absolute atomic E-state index is 0.197. The number of nitrogens with one attached hydrogen (secondary N) is 1. The molecule has 1 aliphatic heterocycles. The molecule has 0 aromatic carbocycles. The normalized spacial score (nSPS) is 14.0. The molecule has 0 bridgehead atoms. The highest BCUT2D eigenvalue weighted by Gasteiger charge is 2.28. The second-order valence-corrected chi connectivity index (χ2v) is 9.32. The van der Waals surface area contributed by atoms with Crippen molar-refractivity contribution >= 4 is 44.4 Å². The molecule has 0 aliphatic carbocycles. The van der Waals surface area contributed by atoms with E-state index in [0.717, 1.165) is 15.0 Å². The predicted molar refractivity (Wildman–Crippen MR) is 108 cm³/mol. The molecule has 3 rings (SSSR count). The third kappa shape index (κ3) is 4.70. The molecule has 3 heterocycles. The van der Waals surface area contributed by atoms with Gasteiger partial charge in [-0.2, -0.15) is 0 Å².